The number of nitrogens with zero attached hydrogens (tertiary/aromatic N) is 4. The molecule has 2 amide bonds. The van der Waals surface area contributed by atoms with Crippen molar-refractivity contribution in [3.63, 3.8) is 0 Å². The summed E-state index contributed by atoms with van der Waals surface area (Å²) in [4.78, 5) is 38.2. The van der Waals surface area contributed by atoms with Gasteiger partial charge in [-0.2, -0.15) is 5.10 Å². The van der Waals surface area contributed by atoms with Crippen LogP contribution >= 0.6 is 0 Å². The predicted molar refractivity (Wildman–Crippen MR) is 139 cm³/mol. The van der Waals surface area contributed by atoms with E-state index in [0.29, 0.717) is 12.4 Å². The van der Waals surface area contributed by atoms with E-state index in [1.165, 1.54) is 29.2 Å². The third-order valence-electron chi connectivity index (χ3n) is 5.52. The molecule has 9 nitrogen and oxygen atoms in total. The summed E-state index contributed by atoms with van der Waals surface area (Å²) < 4.78 is 1.70. The molecule has 0 saturated heterocycles. The number of nitro benzene ring substituents is 1. The van der Waals surface area contributed by atoms with Gasteiger partial charge in [0.2, 0.25) is 5.91 Å². The zero-order chi connectivity index (χ0) is 26.6. The Balaban J connectivity index is 1.86. The number of non-ortho nitro benzene ring substituents is 1. The highest BCUT2D eigenvalue weighted by molar-refractivity contribution is 5.99. The van der Waals surface area contributed by atoms with Gasteiger partial charge in [0.05, 0.1) is 16.3 Å². The Kier molecular flexibility index (Phi) is 7.92. The third-order valence-corrected chi connectivity index (χ3v) is 5.52. The Labute approximate surface area is 211 Å². The first kappa shape index (κ1) is 26.6. The van der Waals surface area contributed by atoms with Gasteiger partial charge in [-0.15, -0.1) is 0 Å². The van der Waals surface area contributed by atoms with E-state index in [1.54, 1.807) is 4.68 Å². The Morgan fingerprint density at radius 3 is 2.33 bits per heavy atom. The molecule has 0 atom stereocenters. The summed E-state index contributed by atoms with van der Waals surface area (Å²) in [6, 6.07) is 15.1. The smallest absolute Gasteiger partial charge is 0.269 e. The largest absolute Gasteiger partial charge is 0.329 e. The Morgan fingerprint density at radius 2 is 1.78 bits per heavy atom. The summed E-state index contributed by atoms with van der Waals surface area (Å²) in [5.41, 5.74) is 2.66. The van der Waals surface area contributed by atoms with Crippen LogP contribution < -0.4 is 5.32 Å². The summed E-state index contributed by atoms with van der Waals surface area (Å²) in [6.07, 6.45) is 0. The normalized spacial score (nSPS) is 11.4. The molecule has 0 spiro atoms. The van der Waals surface area contributed by atoms with Crippen molar-refractivity contribution < 1.29 is 14.5 Å². The van der Waals surface area contributed by atoms with Crippen LogP contribution in [0.2, 0.25) is 0 Å². The van der Waals surface area contributed by atoms with Gasteiger partial charge in [0.1, 0.15) is 12.4 Å². The molecule has 0 aliphatic carbocycles. The van der Waals surface area contributed by atoms with Gasteiger partial charge in [0.25, 0.3) is 11.6 Å². The number of nitro groups is 1. The second-order valence-electron chi connectivity index (χ2n) is 10.3. The lowest BCUT2D eigenvalue weighted by molar-refractivity contribution is -0.384. The van der Waals surface area contributed by atoms with Crippen molar-refractivity contribution in [1.82, 2.24) is 14.7 Å². The molecule has 3 rings (SSSR count). The lowest BCUT2D eigenvalue weighted by atomic mass is 9.92. The molecule has 0 aliphatic rings. The molecule has 0 radical (unpaired) electrons. The first-order valence-electron chi connectivity index (χ1n) is 11.9. The molecular formula is C27H33N5O4. The second-order valence-corrected chi connectivity index (χ2v) is 10.3. The first-order chi connectivity index (χ1) is 16.8. The highest BCUT2D eigenvalue weighted by atomic mass is 16.6. The summed E-state index contributed by atoms with van der Waals surface area (Å²) >= 11 is 0. The van der Waals surface area contributed by atoms with Crippen molar-refractivity contribution >= 4 is 23.3 Å². The minimum Gasteiger partial charge on any atom is -0.329 e. The molecule has 190 valence electrons. The number of rotatable bonds is 8. The van der Waals surface area contributed by atoms with E-state index in [4.69, 9.17) is 5.10 Å². The van der Waals surface area contributed by atoms with E-state index in [1.807, 2.05) is 51.1 Å². The van der Waals surface area contributed by atoms with Crippen LogP contribution in [0.15, 0.2) is 54.6 Å². The number of anilines is 1. The lowest BCUT2D eigenvalue weighted by Crippen LogP contribution is -2.40. The Hall–Kier alpha value is -4.01. The van der Waals surface area contributed by atoms with Crippen LogP contribution in [-0.4, -0.2) is 44.5 Å². The van der Waals surface area contributed by atoms with Crippen molar-refractivity contribution in [2.45, 2.75) is 47.0 Å². The highest BCUT2D eigenvalue weighted by Gasteiger charge is 2.24. The fourth-order valence-electron chi connectivity index (χ4n) is 3.72. The number of aromatic nitrogens is 2. The minimum absolute atomic E-state index is 0.0984. The van der Waals surface area contributed by atoms with Crippen LogP contribution in [0.4, 0.5) is 11.5 Å². The third kappa shape index (κ3) is 6.56. The fraction of sp³-hybridized carbons (Fsp3) is 0.370. The maximum atomic E-state index is 13.2. The number of amides is 2. The van der Waals surface area contributed by atoms with Crippen LogP contribution in [0.5, 0.6) is 0 Å². The summed E-state index contributed by atoms with van der Waals surface area (Å²) in [5, 5.41) is 18.6. The van der Waals surface area contributed by atoms with Gasteiger partial charge in [-0.05, 0) is 42.7 Å². The van der Waals surface area contributed by atoms with Gasteiger partial charge < -0.3 is 10.2 Å². The number of nitrogens with one attached hydrogen (secondary N) is 1. The van der Waals surface area contributed by atoms with Gasteiger partial charge in [-0.25, -0.2) is 4.68 Å². The molecule has 0 bridgehead atoms. The minimum atomic E-state index is -0.517. The van der Waals surface area contributed by atoms with E-state index in [2.05, 4.69) is 26.1 Å². The van der Waals surface area contributed by atoms with E-state index in [0.717, 1.165) is 16.9 Å². The number of hydrogen-bond donors (Lipinski definition) is 1. The van der Waals surface area contributed by atoms with E-state index < -0.39 is 4.92 Å². The van der Waals surface area contributed by atoms with Gasteiger partial charge in [0.15, 0.2) is 0 Å². The van der Waals surface area contributed by atoms with Crippen LogP contribution in [0.25, 0.3) is 5.69 Å². The van der Waals surface area contributed by atoms with Gasteiger partial charge >= 0.3 is 0 Å². The molecule has 3 aromatic rings. The average molecular weight is 492 g/mol. The molecule has 0 aliphatic heterocycles. The van der Waals surface area contributed by atoms with Crippen molar-refractivity contribution in [2.75, 3.05) is 18.4 Å². The zero-order valence-corrected chi connectivity index (χ0v) is 21.6. The first-order valence-corrected chi connectivity index (χ1v) is 11.9. The Morgan fingerprint density at radius 1 is 1.11 bits per heavy atom. The zero-order valence-electron chi connectivity index (χ0n) is 21.6. The van der Waals surface area contributed by atoms with Gasteiger partial charge in [-0.1, -0.05) is 46.8 Å². The average Bonchev–Trinajstić information content (AvgIpc) is 3.22. The number of benzene rings is 2. The van der Waals surface area contributed by atoms with E-state index >= 15 is 0 Å². The second kappa shape index (κ2) is 10.7. The summed E-state index contributed by atoms with van der Waals surface area (Å²) in [7, 11) is 0. The van der Waals surface area contributed by atoms with E-state index in [9.17, 15) is 19.7 Å². The SMILES string of the molecule is Cc1cccc(-n2nc(C(C)(C)C)cc2NC(=O)CN(CC(C)C)C(=O)c2ccc([N+](=O)[O-])cc2)c1. The fourth-order valence-corrected chi connectivity index (χ4v) is 3.72. The molecule has 1 heterocycles. The van der Waals surface area contributed by atoms with Crippen molar-refractivity contribution in [3.05, 3.63) is 81.5 Å². The van der Waals surface area contributed by atoms with Gasteiger partial charge in [-0.3, -0.25) is 19.7 Å². The number of aryl methyl sites for hydroxylation is 1. The molecule has 0 saturated carbocycles. The maximum Gasteiger partial charge on any atom is 0.269 e. The van der Waals surface area contributed by atoms with Crippen molar-refractivity contribution in [1.29, 1.82) is 0 Å². The van der Waals surface area contributed by atoms with Crippen LogP contribution in [0, 0.1) is 23.0 Å². The Bertz CT molecular complexity index is 1260. The van der Waals surface area contributed by atoms with Crippen molar-refractivity contribution in [2.24, 2.45) is 5.92 Å². The topological polar surface area (TPSA) is 110 Å². The van der Waals surface area contributed by atoms with Crippen molar-refractivity contribution in [3.8, 4) is 5.69 Å². The monoisotopic (exact) mass is 491 g/mol. The molecule has 36 heavy (non-hydrogen) atoms. The molecule has 1 aromatic heterocycles. The molecular weight excluding hydrogens is 458 g/mol. The summed E-state index contributed by atoms with van der Waals surface area (Å²) in [5.74, 6) is -0.0931. The van der Waals surface area contributed by atoms with Crippen LogP contribution in [0.3, 0.4) is 0 Å². The van der Waals surface area contributed by atoms with Crippen LogP contribution in [-0.2, 0) is 10.2 Å². The number of carbonyl (C=O) groups is 2. The molecule has 9 heteroatoms. The molecule has 2 aromatic carbocycles. The lowest BCUT2D eigenvalue weighted by Gasteiger charge is -2.24. The van der Waals surface area contributed by atoms with E-state index in [-0.39, 0.29) is 40.9 Å². The predicted octanol–water partition coefficient (Wildman–Crippen LogP) is 5.12. The van der Waals surface area contributed by atoms with Crippen LogP contribution in [0.1, 0.15) is 56.2 Å². The highest BCUT2D eigenvalue weighted by Crippen LogP contribution is 2.26. The standard InChI is InChI=1S/C27H33N5O4/c1-18(2)16-30(26(34)20-10-12-21(13-11-20)32(35)36)17-25(33)28-24-15-23(27(4,5)6)29-31(24)22-9-7-8-19(3)14-22/h7-15,18H,16-17H2,1-6H3,(H,28,33). The molecule has 1 N–H and O–H groups in total. The number of carbonyl (C=O) groups excluding carboxylic acids is 2. The maximum absolute atomic E-state index is 13.2. The van der Waals surface area contributed by atoms with Gasteiger partial charge in [0, 0.05) is 35.7 Å². The number of hydrogen-bond acceptors (Lipinski definition) is 5. The molecule has 0 unspecified atom stereocenters. The molecule has 0 fully saturated rings. The summed E-state index contributed by atoms with van der Waals surface area (Å²) in [6.45, 7) is 12.2. The quantitative estimate of drug-likeness (QED) is 0.347.